The molecule has 0 spiro atoms. The Morgan fingerprint density at radius 1 is 1.21 bits per heavy atom. The van der Waals surface area contributed by atoms with Gasteiger partial charge in [-0.15, -0.1) is 0 Å². The molecular formula is C12H6BrCl2FN2O. The van der Waals surface area contributed by atoms with E-state index in [0.29, 0.717) is 5.69 Å². The second-order valence-electron chi connectivity index (χ2n) is 3.58. The molecule has 0 radical (unpaired) electrons. The average molecular weight is 364 g/mol. The monoisotopic (exact) mass is 362 g/mol. The zero-order chi connectivity index (χ0) is 14.0. The van der Waals surface area contributed by atoms with Crippen molar-refractivity contribution in [3.05, 3.63) is 56.5 Å². The van der Waals surface area contributed by atoms with Gasteiger partial charge in [0.05, 0.1) is 4.47 Å². The van der Waals surface area contributed by atoms with Gasteiger partial charge in [-0.1, -0.05) is 23.2 Å². The van der Waals surface area contributed by atoms with Crippen LogP contribution >= 0.6 is 39.1 Å². The lowest BCUT2D eigenvalue weighted by Crippen LogP contribution is -2.12. The molecule has 2 rings (SSSR count). The third-order valence-corrected chi connectivity index (χ3v) is 3.20. The quantitative estimate of drug-likeness (QED) is 0.795. The Morgan fingerprint density at radius 3 is 2.42 bits per heavy atom. The van der Waals surface area contributed by atoms with Crippen molar-refractivity contribution in [2.24, 2.45) is 0 Å². The van der Waals surface area contributed by atoms with Crippen LogP contribution in [0.25, 0.3) is 0 Å². The van der Waals surface area contributed by atoms with Gasteiger partial charge in [0.2, 0.25) is 0 Å². The molecule has 0 atom stereocenters. The summed E-state index contributed by atoms with van der Waals surface area (Å²) in [6.45, 7) is 0. The van der Waals surface area contributed by atoms with E-state index in [4.69, 9.17) is 23.2 Å². The van der Waals surface area contributed by atoms with E-state index in [1.165, 1.54) is 30.3 Å². The fourth-order valence-electron chi connectivity index (χ4n) is 1.37. The van der Waals surface area contributed by atoms with Crippen molar-refractivity contribution < 1.29 is 9.18 Å². The van der Waals surface area contributed by atoms with Crippen molar-refractivity contribution in [2.75, 3.05) is 5.32 Å². The van der Waals surface area contributed by atoms with Crippen LogP contribution in [0.3, 0.4) is 0 Å². The van der Waals surface area contributed by atoms with Crippen LogP contribution in [0.4, 0.5) is 10.1 Å². The number of carbonyl (C=O) groups excluding carboxylic acids is 1. The Balaban J connectivity index is 2.22. The molecule has 0 saturated heterocycles. The SMILES string of the molecule is O=C(Nc1ccc(F)c(Br)c1)c1cc(Cl)nc(Cl)c1. The van der Waals surface area contributed by atoms with Crippen molar-refractivity contribution >= 4 is 50.7 Å². The number of nitrogens with one attached hydrogen (secondary N) is 1. The van der Waals surface area contributed by atoms with Crippen LogP contribution in [-0.4, -0.2) is 10.9 Å². The van der Waals surface area contributed by atoms with Crippen LogP contribution in [-0.2, 0) is 0 Å². The molecule has 98 valence electrons. The molecule has 2 aromatic rings. The normalized spacial score (nSPS) is 10.3. The summed E-state index contributed by atoms with van der Waals surface area (Å²) in [7, 11) is 0. The summed E-state index contributed by atoms with van der Waals surface area (Å²) in [5.41, 5.74) is 0.716. The number of rotatable bonds is 2. The summed E-state index contributed by atoms with van der Waals surface area (Å²) < 4.78 is 13.3. The number of hydrogen-bond donors (Lipinski definition) is 1. The summed E-state index contributed by atoms with van der Waals surface area (Å²) in [6, 6.07) is 6.93. The maximum atomic E-state index is 13.1. The molecule has 0 bridgehead atoms. The molecule has 0 fully saturated rings. The van der Waals surface area contributed by atoms with Crippen molar-refractivity contribution in [1.82, 2.24) is 4.98 Å². The van der Waals surface area contributed by atoms with Gasteiger partial charge in [0, 0.05) is 11.3 Å². The summed E-state index contributed by atoms with van der Waals surface area (Å²) in [4.78, 5) is 15.7. The summed E-state index contributed by atoms with van der Waals surface area (Å²) in [6.07, 6.45) is 0. The van der Waals surface area contributed by atoms with Crippen molar-refractivity contribution in [3.8, 4) is 0 Å². The molecule has 0 unspecified atom stereocenters. The number of aromatic nitrogens is 1. The molecule has 1 amide bonds. The molecule has 0 aliphatic carbocycles. The maximum absolute atomic E-state index is 13.1. The van der Waals surface area contributed by atoms with E-state index in [1.807, 2.05) is 0 Å². The first kappa shape index (κ1) is 14.2. The van der Waals surface area contributed by atoms with Gasteiger partial charge in [-0.05, 0) is 46.3 Å². The van der Waals surface area contributed by atoms with Gasteiger partial charge in [0.15, 0.2) is 0 Å². The minimum Gasteiger partial charge on any atom is -0.322 e. The molecule has 3 nitrogen and oxygen atoms in total. The lowest BCUT2D eigenvalue weighted by molar-refractivity contribution is 0.102. The number of hydrogen-bond acceptors (Lipinski definition) is 2. The van der Waals surface area contributed by atoms with E-state index in [-0.39, 0.29) is 20.3 Å². The van der Waals surface area contributed by atoms with E-state index in [9.17, 15) is 9.18 Å². The molecule has 0 saturated carbocycles. The molecule has 1 heterocycles. The lowest BCUT2D eigenvalue weighted by atomic mass is 10.2. The van der Waals surface area contributed by atoms with Crippen molar-refractivity contribution in [1.29, 1.82) is 0 Å². The van der Waals surface area contributed by atoms with Gasteiger partial charge >= 0.3 is 0 Å². The summed E-state index contributed by atoms with van der Waals surface area (Å²) in [5, 5.41) is 2.85. The Bertz CT molecular complexity index is 631. The number of pyridine rings is 1. The highest BCUT2D eigenvalue weighted by Gasteiger charge is 2.10. The molecule has 0 aliphatic rings. The van der Waals surface area contributed by atoms with Crippen molar-refractivity contribution in [3.63, 3.8) is 0 Å². The number of benzene rings is 1. The number of halogens is 4. The average Bonchev–Trinajstić information content (AvgIpc) is 2.32. The Kier molecular flexibility index (Phi) is 4.39. The van der Waals surface area contributed by atoms with E-state index >= 15 is 0 Å². The predicted molar refractivity (Wildman–Crippen MR) is 76.3 cm³/mol. The van der Waals surface area contributed by atoms with Crippen LogP contribution < -0.4 is 5.32 Å². The van der Waals surface area contributed by atoms with Gasteiger partial charge < -0.3 is 5.32 Å². The molecule has 7 heteroatoms. The van der Waals surface area contributed by atoms with Gasteiger partial charge in [-0.25, -0.2) is 9.37 Å². The first-order valence-corrected chi connectivity index (χ1v) is 6.60. The van der Waals surface area contributed by atoms with Crippen LogP contribution in [0.2, 0.25) is 10.3 Å². The lowest BCUT2D eigenvalue weighted by Gasteiger charge is -2.06. The van der Waals surface area contributed by atoms with Crippen LogP contribution in [0.1, 0.15) is 10.4 Å². The van der Waals surface area contributed by atoms with E-state index in [2.05, 4.69) is 26.2 Å². The minimum absolute atomic E-state index is 0.123. The second kappa shape index (κ2) is 5.86. The van der Waals surface area contributed by atoms with Gasteiger partial charge in [0.25, 0.3) is 5.91 Å². The molecule has 1 N–H and O–H groups in total. The highest BCUT2D eigenvalue weighted by Crippen LogP contribution is 2.21. The topological polar surface area (TPSA) is 42.0 Å². The van der Waals surface area contributed by atoms with Gasteiger partial charge in [-0.2, -0.15) is 0 Å². The molecule has 1 aromatic carbocycles. The van der Waals surface area contributed by atoms with Crippen LogP contribution in [0.15, 0.2) is 34.8 Å². The Morgan fingerprint density at radius 2 is 1.84 bits per heavy atom. The highest BCUT2D eigenvalue weighted by molar-refractivity contribution is 9.10. The van der Waals surface area contributed by atoms with Crippen LogP contribution in [0.5, 0.6) is 0 Å². The maximum Gasteiger partial charge on any atom is 0.255 e. The van der Waals surface area contributed by atoms with Gasteiger partial charge in [-0.3, -0.25) is 4.79 Å². The van der Waals surface area contributed by atoms with E-state index < -0.39 is 11.7 Å². The molecule has 0 aliphatic heterocycles. The molecule has 1 aromatic heterocycles. The number of nitrogens with zero attached hydrogens (tertiary/aromatic N) is 1. The zero-order valence-corrected chi connectivity index (χ0v) is 12.4. The second-order valence-corrected chi connectivity index (χ2v) is 5.21. The highest BCUT2D eigenvalue weighted by atomic mass is 79.9. The van der Waals surface area contributed by atoms with Crippen LogP contribution in [0, 0.1) is 5.82 Å². The minimum atomic E-state index is -0.412. The van der Waals surface area contributed by atoms with E-state index in [0.717, 1.165) is 0 Å². The molecular weight excluding hydrogens is 358 g/mol. The van der Waals surface area contributed by atoms with Gasteiger partial charge in [0.1, 0.15) is 16.1 Å². The first-order chi connectivity index (χ1) is 8.95. The predicted octanol–water partition coefficient (Wildman–Crippen LogP) is 4.54. The first-order valence-electron chi connectivity index (χ1n) is 5.05. The number of carbonyl (C=O) groups is 1. The van der Waals surface area contributed by atoms with E-state index in [1.54, 1.807) is 0 Å². The standard InChI is InChI=1S/C12H6BrCl2FN2O/c13-8-5-7(1-2-9(8)16)17-12(19)6-3-10(14)18-11(15)4-6/h1-5H,(H,17,19). The third kappa shape index (κ3) is 3.65. The van der Waals surface area contributed by atoms with Crippen molar-refractivity contribution in [2.45, 2.75) is 0 Å². The largest absolute Gasteiger partial charge is 0.322 e. The Labute approximate surface area is 126 Å². The summed E-state index contributed by atoms with van der Waals surface area (Å²) in [5.74, 6) is -0.822. The smallest absolute Gasteiger partial charge is 0.255 e. The molecule has 19 heavy (non-hydrogen) atoms. The fraction of sp³-hybridized carbons (Fsp3) is 0. The zero-order valence-electron chi connectivity index (χ0n) is 9.25. The number of anilines is 1. The third-order valence-electron chi connectivity index (χ3n) is 2.20. The Hall–Kier alpha value is -1.17. The number of amides is 1. The fourth-order valence-corrected chi connectivity index (χ4v) is 2.21. The summed E-state index contributed by atoms with van der Waals surface area (Å²) >= 11 is 14.5.